The number of anilines is 1. The van der Waals surface area contributed by atoms with Crippen LogP contribution < -0.4 is 20.3 Å². The lowest BCUT2D eigenvalue weighted by Crippen LogP contribution is -2.44. The number of nitrogens with one attached hydrogen (secondary N) is 2. The minimum atomic E-state index is -0.131. The van der Waals surface area contributed by atoms with E-state index in [0.29, 0.717) is 48.5 Å². The van der Waals surface area contributed by atoms with Gasteiger partial charge in [0.1, 0.15) is 13.2 Å². The zero-order chi connectivity index (χ0) is 26.3. The van der Waals surface area contributed by atoms with Crippen LogP contribution in [0.25, 0.3) is 10.9 Å². The van der Waals surface area contributed by atoms with Crippen molar-refractivity contribution in [2.75, 3.05) is 57.9 Å². The molecule has 2 aromatic carbocycles. The Bertz CT molecular complexity index is 1300. The van der Waals surface area contributed by atoms with Gasteiger partial charge < -0.3 is 29.4 Å². The number of morpholine rings is 1. The number of thiocarbonyl (C=S) groups is 1. The molecule has 3 heterocycles. The number of benzene rings is 2. The molecule has 8 nitrogen and oxygen atoms in total. The summed E-state index contributed by atoms with van der Waals surface area (Å²) in [5.74, 6) is 1.36. The van der Waals surface area contributed by atoms with Crippen LogP contribution in [-0.4, -0.2) is 72.5 Å². The van der Waals surface area contributed by atoms with Gasteiger partial charge in [0.25, 0.3) is 5.56 Å². The van der Waals surface area contributed by atoms with Crippen molar-refractivity contribution >= 4 is 33.9 Å². The molecule has 1 aromatic heterocycles. The highest BCUT2D eigenvalue weighted by atomic mass is 32.1. The molecule has 0 saturated carbocycles. The number of fused-ring (bicyclic) bond motifs is 2. The highest BCUT2D eigenvalue weighted by Crippen LogP contribution is 2.33. The number of pyridine rings is 1. The standard InChI is InChI=1S/C29H36N4O4S/c1-2-3-4-21-5-7-24(8-6-21)30-29(38)33(10-9-32-11-13-35-14-12-32)20-23-17-22-18-26-27(37-16-15-36-26)19-25(22)31-28(23)34/h5-8,17-19H,2-4,9-16,20H2,1H3,(H,30,38)(H,31,34). The van der Waals surface area contributed by atoms with Gasteiger partial charge in [0.15, 0.2) is 16.6 Å². The van der Waals surface area contributed by atoms with Crippen LogP contribution in [0, 0.1) is 0 Å². The van der Waals surface area contributed by atoms with Crippen molar-refractivity contribution in [1.82, 2.24) is 14.8 Å². The van der Waals surface area contributed by atoms with Gasteiger partial charge in [-0.05, 0) is 54.9 Å². The van der Waals surface area contributed by atoms with Gasteiger partial charge in [-0.15, -0.1) is 0 Å². The summed E-state index contributed by atoms with van der Waals surface area (Å²) in [5, 5.41) is 4.90. The van der Waals surface area contributed by atoms with Crippen molar-refractivity contribution in [2.24, 2.45) is 0 Å². The third-order valence-corrected chi connectivity index (χ3v) is 7.41. The Hall–Kier alpha value is -3.14. The van der Waals surface area contributed by atoms with Crippen LogP contribution in [0.4, 0.5) is 5.69 Å². The Morgan fingerprint density at radius 3 is 2.53 bits per heavy atom. The molecule has 3 aromatic rings. The van der Waals surface area contributed by atoms with Crippen molar-refractivity contribution in [1.29, 1.82) is 0 Å². The highest BCUT2D eigenvalue weighted by Gasteiger charge is 2.18. The summed E-state index contributed by atoms with van der Waals surface area (Å²) in [6.45, 7) is 8.44. The van der Waals surface area contributed by atoms with Crippen LogP contribution in [0.1, 0.15) is 30.9 Å². The van der Waals surface area contributed by atoms with Crippen LogP contribution in [-0.2, 0) is 17.7 Å². The van der Waals surface area contributed by atoms with Gasteiger partial charge in [-0.3, -0.25) is 9.69 Å². The summed E-state index contributed by atoms with van der Waals surface area (Å²) >= 11 is 5.87. The van der Waals surface area contributed by atoms with E-state index in [4.69, 9.17) is 26.4 Å². The van der Waals surface area contributed by atoms with Crippen LogP contribution in [0.15, 0.2) is 47.3 Å². The molecule has 38 heavy (non-hydrogen) atoms. The van der Waals surface area contributed by atoms with E-state index in [0.717, 1.165) is 55.9 Å². The van der Waals surface area contributed by atoms with Gasteiger partial charge in [0.05, 0.1) is 25.3 Å². The lowest BCUT2D eigenvalue weighted by atomic mass is 10.1. The van der Waals surface area contributed by atoms with E-state index in [1.165, 1.54) is 18.4 Å². The van der Waals surface area contributed by atoms with Crippen molar-refractivity contribution in [3.05, 3.63) is 63.9 Å². The predicted molar refractivity (Wildman–Crippen MR) is 155 cm³/mol. The first-order chi connectivity index (χ1) is 18.6. The topological polar surface area (TPSA) is 79.1 Å². The summed E-state index contributed by atoms with van der Waals surface area (Å²) in [4.78, 5) is 20.6. The first-order valence-electron chi connectivity index (χ1n) is 13.5. The Kier molecular flexibility index (Phi) is 8.78. The van der Waals surface area contributed by atoms with E-state index in [9.17, 15) is 4.79 Å². The van der Waals surface area contributed by atoms with Crippen LogP contribution in [0.3, 0.4) is 0 Å². The van der Waals surface area contributed by atoms with Crippen molar-refractivity contribution < 1.29 is 14.2 Å². The Labute approximate surface area is 228 Å². The van der Waals surface area contributed by atoms with Gasteiger partial charge in [0.2, 0.25) is 0 Å². The number of aromatic nitrogens is 1. The van der Waals surface area contributed by atoms with E-state index in [2.05, 4.69) is 51.3 Å². The van der Waals surface area contributed by atoms with E-state index < -0.39 is 0 Å². The molecular weight excluding hydrogens is 500 g/mol. The lowest BCUT2D eigenvalue weighted by molar-refractivity contribution is 0.0358. The quantitative estimate of drug-likeness (QED) is 0.395. The summed E-state index contributed by atoms with van der Waals surface area (Å²) < 4.78 is 16.9. The molecule has 2 aliphatic rings. The van der Waals surface area contributed by atoms with Gasteiger partial charge in [-0.25, -0.2) is 0 Å². The first kappa shape index (κ1) is 26.5. The smallest absolute Gasteiger partial charge is 0.253 e. The molecule has 0 spiro atoms. The molecule has 9 heteroatoms. The van der Waals surface area contributed by atoms with Crippen LogP contribution in [0.2, 0.25) is 0 Å². The summed E-state index contributed by atoms with van der Waals surface area (Å²) in [5.41, 5.74) is 3.52. The maximum absolute atomic E-state index is 13.1. The van der Waals surface area contributed by atoms with Crippen molar-refractivity contribution in [3.8, 4) is 11.5 Å². The van der Waals surface area contributed by atoms with E-state index in [1.807, 2.05) is 18.2 Å². The molecule has 2 N–H and O–H groups in total. The molecule has 0 aliphatic carbocycles. The van der Waals surface area contributed by atoms with Crippen molar-refractivity contribution in [2.45, 2.75) is 32.7 Å². The summed E-state index contributed by atoms with van der Waals surface area (Å²) in [6.07, 6.45) is 3.44. The number of aromatic amines is 1. The first-order valence-corrected chi connectivity index (χ1v) is 13.9. The fourth-order valence-electron chi connectivity index (χ4n) is 4.79. The molecule has 2 aliphatic heterocycles. The third kappa shape index (κ3) is 6.64. The number of hydrogen-bond donors (Lipinski definition) is 2. The Balaban J connectivity index is 1.34. The molecular formula is C29H36N4O4S. The molecule has 0 radical (unpaired) electrons. The maximum atomic E-state index is 13.1. The third-order valence-electron chi connectivity index (χ3n) is 7.05. The highest BCUT2D eigenvalue weighted by molar-refractivity contribution is 7.80. The van der Waals surface area contributed by atoms with Gasteiger partial charge in [0, 0.05) is 48.9 Å². The predicted octanol–water partition coefficient (Wildman–Crippen LogP) is 4.17. The molecule has 202 valence electrons. The molecule has 5 rings (SSSR count). The van der Waals surface area contributed by atoms with Gasteiger partial charge in [-0.2, -0.15) is 0 Å². The molecule has 0 amide bonds. The zero-order valence-electron chi connectivity index (χ0n) is 22.0. The largest absolute Gasteiger partial charge is 0.486 e. The monoisotopic (exact) mass is 536 g/mol. The van der Waals surface area contributed by atoms with Crippen LogP contribution in [0.5, 0.6) is 11.5 Å². The summed E-state index contributed by atoms with van der Waals surface area (Å²) in [6, 6.07) is 14.1. The average molecular weight is 537 g/mol. The lowest BCUT2D eigenvalue weighted by Gasteiger charge is -2.31. The number of H-pyrrole nitrogens is 1. The fraction of sp³-hybridized carbons (Fsp3) is 0.448. The number of rotatable bonds is 9. The maximum Gasteiger partial charge on any atom is 0.253 e. The second-order valence-electron chi connectivity index (χ2n) is 9.81. The second-order valence-corrected chi connectivity index (χ2v) is 10.2. The van der Waals surface area contributed by atoms with Gasteiger partial charge in [-0.1, -0.05) is 25.5 Å². The number of unbranched alkanes of at least 4 members (excludes halogenated alkanes) is 1. The van der Waals surface area contributed by atoms with Crippen LogP contribution >= 0.6 is 12.2 Å². The van der Waals surface area contributed by atoms with Gasteiger partial charge >= 0.3 is 0 Å². The molecule has 0 unspecified atom stereocenters. The molecule has 0 bridgehead atoms. The summed E-state index contributed by atoms with van der Waals surface area (Å²) in [7, 11) is 0. The minimum Gasteiger partial charge on any atom is -0.486 e. The van der Waals surface area contributed by atoms with E-state index >= 15 is 0 Å². The average Bonchev–Trinajstić information content (AvgIpc) is 2.94. The number of hydrogen-bond acceptors (Lipinski definition) is 6. The Morgan fingerprint density at radius 2 is 1.79 bits per heavy atom. The molecule has 1 fully saturated rings. The SMILES string of the molecule is CCCCc1ccc(NC(=S)N(CCN2CCOCC2)Cc2cc3cc4c(cc3[nH]c2=O)OCCO4)cc1. The normalized spacial score (nSPS) is 15.4. The van der Waals surface area contributed by atoms with E-state index in [1.54, 1.807) is 0 Å². The Morgan fingerprint density at radius 1 is 1.05 bits per heavy atom. The minimum absolute atomic E-state index is 0.131. The second kappa shape index (κ2) is 12.6. The molecule has 0 atom stereocenters. The van der Waals surface area contributed by atoms with E-state index in [-0.39, 0.29) is 5.56 Å². The number of ether oxygens (including phenoxy) is 3. The van der Waals surface area contributed by atoms with Crippen molar-refractivity contribution in [3.63, 3.8) is 0 Å². The fourth-order valence-corrected chi connectivity index (χ4v) is 5.06. The number of nitrogens with zero attached hydrogens (tertiary/aromatic N) is 2. The number of aryl methyl sites for hydroxylation is 1. The molecule has 1 saturated heterocycles. The zero-order valence-corrected chi connectivity index (χ0v) is 22.8.